The number of furan rings is 1. The Morgan fingerprint density at radius 2 is 1.87 bits per heavy atom. The molecular weight excluding hydrogens is 384 g/mol. The van der Waals surface area contributed by atoms with E-state index in [0.29, 0.717) is 29.5 Å². The summed E-state index contributed by atoms with van der Waals surface area (Å²) in [7, 11) is 5.24. The topological polar surface area (TPSA) is 126 Å². The van der Waals surface area contributed by atoms with Gasteiger partial charge in [-0.15, -0.1) is 0 Å². The van der Waals surface area contributed by atoms with E-state index in [2.05, 4.69) is 20.9 Å². The average Bonchev–Trinajstić information content (AvgIpc) is 3.19. The van der Waals surface area contributed by atoms with Crippen LogP contribution in [0.5, 0.6) is 0 Å². The normalized spacial score (nSPS) is 10.4. The van der Waals surface area contributed by atoms with Gasteiger partial charge in [-0.25, -0.2) is 9.78 Å². The maximum atomic E-state index is 12.1. The van der Waals surface area contributed by atoms with Crippen LogP contribution in [-0.4, -0.2) is 38.1 Å². The van der Waals surface area contributed by atoms with Crippen LogP contribution in [0.25, 0.3) is 11.3 Å². The second kappa shape index (κ2) is 8.99. The zero-order valence-electron chi connectivity index (χ0n) is 17.0. The molecule has 0 aliphatic carbocycles. The van der Waals surface area contributed by atoms with Gasteiger partial charge in [-0.2, -0.15) is 0 Å². The number of amides is 3. The Morgan fingerprint density at radius 3 is 2.47 bits per heavy atom. The minimum Gasteiger partial charge on any atom is -0.449 e. The first-order chi connectivity index (χ1) is 14.4. The van der Waals surface area contributed by atoms with Gasteiger partial charge < -0.3 is 31.0 Å². The van der Waals surface area contributed by atoms with Crippen LogP contribution < -0.4 is 26.6 Å². The Morgan fingerprint density at radius 1 is 1.13 bits per heavy atom. The number of nitrogen functional groups attached to an aromatic ring is 1. The van der Waals surface area contributed by atoms with Gasteiger partial charge in [0.15, 0.2) is 0 Å². The molecule has 9 heteroatoms. The Hall–Kier alpha value is -4.01. The molecule has 2 heterocycles. The summed E-state index contributed by atoms with van der Waals surface area (Å²) in [5.74, 6) is 0.941. The third-order valence-electron chi connectivity index (χ3n) is 4.36. The van der Waals surface area contributed by atoms with Crippen molar-refractivity contribution in [3.05, 3.63) is 60.0 Å². The molecule has 0 aliphatic heterocycles. The van der Waals surface area contributed by atoms with Crippen LogP contribution in [0.3, 0.4) is 0 Å². The van der Waals surface area contributed by atoms with Gasteiger partial charge in [0.1, 0.15) is 11.6 Å². The number of nitrogens with two attached hydrogens (primary N) is 1. The van der Waals surface area contributed by atoms with Gasteiger partial charge in [0, 0.05) is 51.2 Å². The summed E-state index contributed by atoms with van der Waals surface area (Å²) in [6.07, 6.45) is 1.61. The fraction of sp³-hybridized carbons (Fsp3) is 0.190. The third-order valence-corrected chi connectivity index (χ3v) is 4.36. The number of nitrogens with one attached hydrogen (secondary N) is 3. The average molecular weight is 408 g/mol. The molecule has 0 bridgehead atoms. The van der Waals surface area contributed by atoms with Crippen molar-refractivity contribution in [3.8, 4) is 11.3 Å². The highest BCUT2D eigenvalue weighted by Crippen LogP contribution is 2.31. The summed E-state index contributed by atoms with van der Waals surface area (Å²) in [5, 5.41) is 8.10. The summed E-state index contributed by atoms with van der Waals surface area (Å²) in [5.41, 5.74) is 8.48. The second-order valence-electron chi connectivity index (χ2n) is 6.77. The summed E-state index contributed by atoms with van der Waals surface area (Å²) in [4.78, 5) is 29.9. The summed E-state index contributed by atoms with van der Waals surface area (Å²) in [6.45, 7) is 0.333. The molecule has 0 saturated carbocycles. The number of anilines is 3. The molecule has 5 N–H and O–H groups in total. The second-order valence-corrected chi connectivity index (χ2v) is 6.77. The van der Waals surface area contributed by atoms with E-state index in [0.717, 1.165) is 11.1 Å². The molecule has 2 aromatic heterocycles. The number of urea groups is 1. The largest absolute Gasteiger partial charge is 0.449 e. The zero-order valence-corrected chi connectivity index (χ0v) is 17.0. The fourth-order valence-electron chi connectivity index (χ4n) is 2.75. The molecule has 3 rings (SSSR count). The van der Waals surface area contributed by atoms with Crippen LogP contribution in [0.2, 0.25) is 0 Å². The lowest BCUT2D eigenvalue weighted by Gasteiger charge is -2.10. The first kappa shape index (κ1) is 20.7. The van der Waals surface area contributed by atoms with E-state index in [-0.39, 0.29) is 17.7 Å². The predicted molar refractivity (Wildman–Crippen MR) is 116 cm³/mol. The molecule has 0 aliphatic rings. The molecule has 0 radical (unpaired) electrons. The van der Waals surface area contributed by atoms with Gasteiger partial charge in [-0.3, -0.25) is 4.79 Å². The number of rotatable bonds is 6. The van der Waals surface area contributed by atoms with Gasteiger partial charge in [0.25, 0.3) is 5.91 Å². The summed E-state index contributed by atoms with van der Waals surface area (Å²) in [6, 6.07) is 12.1. The molecular formula is C21H24N6O3. The molecule has 9 nitrogen and oxygen atoms in total. The Bertz CT molecular complexity index is 1030. The number of hydrogen-bond acceptors (Lipinski definition) is 6. The van der Waals surface area contributed by atoms with Crippen LogP contribution in [0.15, 0.2) is 53.1 Å². The van der Waals surface area contributed by atoms with E-state index in [4.69, 9.17) is 10.2 Å². The SMILES string of the molecule is CNC(=O)c1oc(-c2ccc(NC(=O)NCc3ccc(N)nc3)cc2)cc1N(C)C. The zero-order chi connectivity index (χ0) is 21.7. The number of carbonyl (C=O) groups is 2. The Labute approximate surface area is 174 Å². The highest BCUT2D eigenvalue weighted by molar-refractivity contribution is 5.98. The Kier molecular flexibility index (Phi) is 6.21. The first-order valence-electron chi connectivity index (χ1n) is 9.26. The molecule has 1 aromatic carbocycles. The van der Waals surface area contributed by atoms with E-state index >= 15 is 0 Å². The Balaban J connectivity index is 1.65. The van der Waals surface area contributed by atoms with Crippen LogP contribution in [0.1, 0.15) is 16.1 Å². The molecule has 30 heavy (non-hydrogen) atoms. The third kappa shape index (κ3) is 4.88. The highest BCUT2D eigenvalue weighted by Gasteiger charge is 2.19. The van der Waals surface area contributed by atoms with Crippen molar-refractivity contribution >= 4 is 29.1 Å². The maximum Gasteiger partial charge on any atom is 0.319 e. The van der Waals surface area contributed by atoms with E-state index in [9.17, 15) is 9.59 Å². The van der Waals surface area contributed by atoms with Crippen LogP contribution in [0.4, 0.5) is 22.0 Å². The van der Waals surface area contributed by atoms with Crippen molar-refractivity contribution in [2.45, 2.75) is 6.54 Å². The van der Waals surface area contributed by atoms with Crippen molar-refractivity contribution in [3.63, 3.8) is 0 Å². The van der Waals surface area contributed by atoms with Crippen LogP contribution in [0, 0.1) is 0 Å². The van der Waals surface area contributed by atoms with Gasteiger partial charge in [0.05, 0.1) is 5.69 Å². The predicted octanol–water partition coefficient (Wildman–Crippen LogP) is 2.67. The number of nitrogens with zero attached hydrogens (tertiary/aromatic N) is 2. The van der Waals surface area contributed by atoms with Crippen molar-refractivity contribution in [1.82, 2.24) is 15.6 Å². The van der Waals surface area contributed by atoms with E-state index in [1.165, 1.54) is 0 Å². The minimum atomic E-state index is -0.339. The van der Waals surface area contributed by atoms with Gasteiger partial charge in [-0.1, -0.05) is 6.07 Å². The lowest BCUT2D eigenvalue weighted by molar-refractivity contribution is 0.0937. The lowest BCUT2D eigenvalue weighted by atomic mass is 10.1. The van der Waals surface area contributed by atoms with Crippen molar-refractivity contribution in [1.29, 1.82) is 0 Å². The van der Waals surface area contributed by atoms with Gasteiger partial charge in [-0.05, 0) is 35.9 Å². The molecule has 3 amide bonds. The van der Waals surface area contributed by atoms with Gasteiger partial charge in [0.2, 0.25) is 5.76 Å². The molecule has 0 atom stereocenters. The highest BCUT2D eigenvalue weighted by atomic mass is 16.4. The van der Waals surface area contributed by atoms with Crippen LogP contribution in [-0.2, 0) is 6.54 Å². The number of pyridine rings is 1. The van der Waals surface area contributed by atoms with Crippen LogP contribution >= 0.6 is 0 Å². The van der Waals surface area contributed by atoms with Crippen molar-refractivity contribution in [2.75, 3.05) is 37.1 Å². The van der Waals surface area contributed by atoms with E-state index in [1.807, 2.05) is 31.1 Å². The number of carbonyl (C=O) groups excluding carboxylic acids is 2. The first-order valence-corrected chi connectivity index (χ1v) is 9.26. The van der Waals surface area contributed by atoms with Crippen molar-refractivity contribution in [2.24, 2.45) is 0 Å². The van der Waals surface area contributed by atoms with Gasteiger partial charge >= 0.3 is 6.03 Å². The standard InChI is InChI=1S/C21H24N6O3/c1-23-20(28)19-16(27(2)3)10-17(30-19)14-5-7-15(8-6-14)26-21(29)25-12-13-4-9-18(22)24-11-13/h4-11H,12H2,1-3H3,(H2,22,24)(H,23,28)(H2,25,26,29). The number of aromatic nitrogens is 1. The fourth-order valence-corrected chi connectivity index (χ4v) is 2.75. The summed E-state index contributed by atoms with van der Waals surface area (Å²) < 4.78 is 5.76. The molecule has 0 unspecified atom stereocenters. The maximum absolute atomic E-state index is 12.1. The monoisotopic (exact) mass is 408 g/mol. The van der Waals surface area contributed by atoms with E-state index < -0.39 is 0 Å². The number of hydrogen-bond donors (Lipinski definition) is 4. The molecule has 0 spiro atoms. The smallest absolute Gasteiger partial charge is 0.319 e. The molecule has 0 fully saturated rings. The molecule has 156 valence electrons. The van der Waals surface area contributed by atoms with E-state index in [1.54, 1.807) is 43.6 Å². The minimum absolute atomic E-state index is 0.247. The molecule has 0 saturated heterocycles. The van der Waals surface area contributed by atoms with Crippen molar-refractivity contribution < 1.29 is 14.0 Å². The number of benzene rings is 1. The quantitative estimate of drug-likeness (QED) is 0.497. The summed E-state index contributed by atoms with van der Waals surface area (Å²) >= 11 is 0. The lowest BCUT2D eigenvalue weighted by Crippen LogP contribution is -2.28. The molecule has 3 aromatic rings.